The Labute approximate surface area is 146 Å². The van der Waals surface area contributed by atoms with Gasteiger partial charge in [0.1, 0.15) is 0 Å². The topological polar surface area (TPSA) is 71.2 Å². The number of H-pyrrole nitrogens is 1. The Balaban J connectivity index is 1.56. The first-order valence-corrected chi connectivity index (χ1v) is 8.11. The third kappa shape index (κ3) is 4.07. The zero-order valence-corrected chi connectivity index (χ0v) is 14.3. The fourth-order valence-electron chi connectivity index (χ4n) is 2.74. The minimum atomic E-state index is -0.424. The van der Waals surface area contributed by atoms with E-state index >= 15 is 0 Å². The highest BCUT2D eigenvalue weighted by molar-refractivity contribution is 5.93. The molecule has 0 unspecified atom stereocenters. The number of hydrogen-bond donors (Lipinski definition) is 2. The largest absolute Gasteiger partial charge is 0.455 e. The van der Waals surface area contributed by atoms with Crippen molar-refractivity contribution >= 4 is 28.5 Å². The van der Waals surface area contributed by atoms with E-state index in [9.17, 15) is 9.59 Å². The van der Waals surface area contributed by atoms with E-state index < -0.39 is 5.97 Å². The van der Waals surface area contributed by atoms with Crippen LogP contribution in [-0.4, -0.2) is 23.5 Å². The smallest absolute Gasteiger partial charge is 0.310 e. The lowest BCUT2D eigenvalue weighted by Gasteiger charge is -2.07. The van der Waals surface area contributed by atoms with Gasteiger partial charge in [0.2, 0.25) is 0 Å². The van der Waals surface area contributed by atoms with Crippen molar-refractivity contribution in [3.8, 4) is 0 Å². The normalized spacial score (nSPS) is 10.6. The van der Waals surface area contributed by atoms with Crippen molar-refractivity contribution in [2.24, 2.45) is 0 Å². The number of esters is 1. The maximum absolute atomic E-state index is 12.1. The fraction of sp³-hybridized carbons (Fsp3) is 0.200. The van der Waals surface area contributed by atoms with Crippen molar-refractivity contribution in [3.63, 3.8) is 0 Å². The number of amides is 1. The summed E-state index contributed by atoms with van der Waals surface area (Å²) in [4.78, 5) is 27.2. The summed E-state index contributed by atoms with van der Waals surface area (Å²) >= 11 is 0. The van der Waals surface area contributed by atoms with Crippen LogP contribution in [0.25, 0.3) is 10.9 Å². The molecule has 0 saturated carbocycles. The van der Waals surface area contributed by atoms with Crippen LogP contribution >= 0.6 is 0 Å². The lowest BCUT2D eigenvalue weighted by atomic mass is 10.1. The van der Waals surface area contributed by atoms with Gasteiger partial charge >= 0.3 is 5.97 Å². The molecule has 5 heteroatoms. The molecule has 128 valence electrons. The monoisotopic (exact) mass is 336 g/mol. The number of carbonyl (C=O) groups is 2. The van der Waals surface area contributed by atoms with Gasteiger partial charge in [0, 0.05) is 22.3 Å². The van der Waals surface area contributed by atoms with E-state index in [4.69, 9.17) is 4.74 Å². The molecule has 3 aromatic rings. The molecule has 25 heavy (non-hydrogen) atoms. The van der Waals surface area contributed by atoms with Gasteiger partial charge in [-0.05, 0) is 37.6 Å². The van der Waals surface area contributed by atoms with E-state index in [2.05, 4.69) is 10.3 Å². The first-order chi connectivity index (χ1) is 12.0. The van der Waals surface area contributed by atoms with Crippen molar-refractivity contribution in [2.45, 2.75) is 20.3 Å². The predicted molar refractivity (Wildman–Crippen MR) is 97.5 cm³/mol. The Kier molecular flexibility index (Phi) is 4.84. The number of carbonyl (C=O) groups excluding carboxylic acids is 2. The molecule has 0 atom stereocenters. The molecule has 1 amide bonds. The van der Waals surface area contributed by atoms with E-state index in [0.717, 1.165) is 27.7 Å². The Bertz CT molecular complexity index is 910. The van der Waals surface area contributed by atoms with Crippen molar-refractivity contribution in [1.29, 1.82) is 0 Å². The average molecular weight is 336 g/mol. The number of fused-ring (bicyclic) bond motifs is 1. The van der Waals surface area contributed by atoms with Crippen molar-refractivity contribution in [2.75, 3.05) is 11.9 Å². The molecule has 0 spiro atoms. The van der Waals surface area contributed by atoms with Gasteiger partial charge in [-0.15, -0.1) is 0 Å². The number of rotatable bonds is 5. The molecule has 0 bridgehead atoms. The highest BCUT2D eigenvalue weighted by Gasteiger charge is 2.14. The standard InChI is InChI=1S/C20H20N2O3/c1-13-7-9-15(10-8-13)22-19(23)12-25-20(24)11-17-14(2)21-18-6-4-3-5-16(17)18/h3-10,21H,11-12H2,1-2H3,(H,22,23). The summed E-state index contributed by atoms with van der Waals surface area (Å²) in [5.41, 5.74) is 4.61. The molecule has 0 aliphatic carbocycles. The Morgan fingerprint density at radius 3 is 2.52 bits per heavy atom. The molecule has 0 aliphatic rings. The molecule has 2 aromatic carbocycles. The van der Waals surface area contributed by atoms with E-state index in [1.54, 1.807) is 0 Å². The molecule has 0 fully saturated rings. The van der Waals surface area contributed by atoms with Gasteiger partial charge in [0.25, 0.3) is 5.91 Å². The van der Waals surface area contributed by atoms with Crippen LogP contribution in [-0.2, 0) is 20.7 Å². The molecule has 1 aromatic heterocycles. The zero-order valence-electron chi connectivity index (χ0n) is 14.3. The lowest BCUT2D eigenvalue weighted by molar-refractivity contribution is -0.146. The molecule has 0 radical (unpaired) electrons. The number of ether oxygens (including phenoxy) is 1. The summed E-state index contributed by atoms with van der Waals surface area (Å²) in [6.45, 7) is 3.60. The van der Waals surface area contributed by atoms with Crippen LogP contribution < -0.4 is 5.32 Å². The number of aromatic amines is 1. The van der Waals surface area contributed by atoms with Gasteiger partial charge in [0.05, 0.1) is 6.42 Å². The maximum Gasteiger partial charge on any atom is 0.310 e. The van der Waals surface area contributed by atoms with Crippen LogP contribution in [0.4, 0.5) is 5.69 Å². The molecular weight excluding hydrogens is 316 g/mol. The summed E-state index contributed by atoms with van der Waals surface area (Å²) in [5, 5.41) is 3.70. The fourth-order valence-corrected chi connectivity index (χ4v) is 2.74. The number of para-hydroxylation sites is 1. The van der Waals surface area contributed by atoms with Gasteiger partial charge in [-0.2, -0.15) is 0 Å². The van der Waals surface area contributed by atoms with Crippen LogP contribution in [0.15, 0.2) is 48.5 Å². The minimum Gasteiger partial charge on any atom is -0.455 e. The molecule has 0 saturated heterocycles. The molecule has 3 rings (SSSR count). The summed E-state index contributed by atoms with van der Waals surface area (Å²) in [6, 6.07) is 15.2. The first-order valence-electron chi connectivity index (χ1n) is 8.11. The lowest BCUT2D eigenvalue weighted by Crippen LogP contribution is -2.21. The van der Waals surface area contributed by atoms with Crippen LogP contribution in [0.1, 0.15) is 16.8 Å². The SMILES string of the molecule is Cc1ccc(NC(=O)COC(=O)Cc2c(C)[nH]c3ccccc23)cc1. The van der Waals surface area contributed by atoms with Crippen LogP contribution in [0.3, 0.4) is 0 Å². The van der Waals surface area contributed by atoms with Crippen molar-refractivity contribution in [1.82, 2.24) is 4.98 Å². The Hall–Kier alpha value is -3.08. The number of hydrogen-bond acceptors (Lipinski definition) is 3. The highest BCUT2D eigenvalue weighted by Crippen LogP contribution is 2.22. The van der Waals surface area contributed by atoms with Gasteiger partial charge in [-0.1, -0.05) is 35.9 Å². The van der Waals surface area contributed by atoms with Crippen molar-refractivity contribution in [3.05, 3.63) is 65.4 Å². The van der Waals surface area contributed by atoms with Gasteiger partial charge in [-0.3, -0.25) is 9.59 Å². The Morgan fingerprint density at radius 2 is 1.76 bits per heavy atom. The minimum absolute atomic E-state index is 0.133. The quantitative estimate of drug-likeness (QED) is 0.701. The van der Waals surface area contributed by atoms with E-state index in [1.165, 1.54) is 0 Å². The van der Waals surface area contributed by atoms with E-state index in [0.29, 0.717) is 5.69 Å². The maximum atomic E-state index is 12.1. The summed E-state index contributed by atoms with van der Waals surface area (Å²) in [6.07, 6.45) is 0.133. The third-order valence-corrected chi connectivity index (χ3v) is 4.05. The first kappa shape index (κ1) is 16.8. The van der Waals surface area contributed by atoms with Crippen LogP contribution in [0.2, 0.25) is 0 Å². The Morgan fingerprint density at radius 1 is 1.04 bits per heavy atom. The summed E-state index contributed by atoms with van der Waals surface area (Å²) in [5.74, 6) is -0.778. The molecular formula is C20H20N2O3. The average Bonchev–Trinajstić information content (AvgIpc) is 2.91. The molecule has 5 nitrogen and oxygen atoms in total. The van der Waals surface area contributed by atoms with E-state index in [-0.39, 0.29) is 18.9 Å². The van der Waals surface area contributed by atoms with Crippen molar-refractivity contribution < 1.29 is 14.3 Å². The van der Waals surface area contributed by atoms with Crippen LogP contribution in [0.5, 0.6) is 0 Å². The number of aryl methyl sites for hydroxylation is 2. The number of nitrogens with one attached hydrogen (secondary N) is 2. The van der Waals surface area contributed by atoms with E-state index in [1.807, 2.05) is 62.4 Å². The molecule has 0 aliphatic heterocycles. The number of benzene rings is 2. The number of aromatic nitrogens is 1. The predicted octanol–water partition coefficient (Wildman–Crippen LogP) is 3.51. The molecule has 1 heterocycles. The second-order valence-corrected chi connectivity index (χ2v) is 6.03. The van der Waals surface area contributed by atoms with Gasteiger partial charge in [-0.25, -0.2) is 0 Å². The number of anilines is 1. The third-order valence-electron chi connectivity index (χ3n) is 4.05. The second kappa shape index (κ2) is 7.21. The van der Waals surface area contributed by atoms with Gasteiger partial charge in [0.15, 0.2) is 6.61 Å². The summed E-state index contributed by atoms with van der Waals surface area (Å²) in [7, 11) is 0. The zero-order chi connectivity index (χ0) is 17.8. The van der Waals surface area contributed by atoms with Gasteiger partial charge < -0.3 is 15.0 Å². The summed E-state index contributed by atoms with van der Waals surface area (Å²) < 4.78 is 5.11. The molecule has 2 N–H and O–H groups in total. The second-order valence-electron chi connectivity index (χ2n) is 6.03. The highest BCUT2D eigenvalue weighted by atomic mass is 16.5. The van der Waals surface area contributed by atoms with Crippen LogP contribution in [0, 0.1) is 13.8 Å².